The van der Waals surface area contributed by atoms with Gasteiger partial charge in [0, 0.05) is 18.2 Å². The van der Waals surface area contributed by atoms with Gasteiger partial charge in [0.15, 0.2) is 0 Å². The number of carbonyl (C=O) groups is 4. The number of carbonyl (C=O) groups excluding carboxylic acids is 4. The van der Waals surface area contributed by atoms with E-state index in [1.54, 1.807) is 0 Å². The Morgan fingerprint density at radius 3 is 2.42 bits per heavy atom. The van der Waals surface area contributed by atoms with Gasteiger partial charge in [-0.1, -0.05) is 72.8 Å². The number of ether oxygens (including phenoxy) is 2. The van der Waals surface area contributed by atoms with Crippen LogP contribution in [0.1, 0.15) is 91.3 Å². The molecular formula is C47H47N7O6. The molecule has 0 aliphatic carbocycles. The van der Waals surface area contributed by atoms with Crippen molar-refractivity contribution in [3.8, 4) is 11.3 Å². The molecule has 5 heterocycles. The molecule has 2 aromatic heterocycles. The molecule has 3 amide bonds. The van der Waals surface area contributed by atoms with Crippen molar-refractivity contribution < 1.29 is 28.7 Å². The molecule has 3 N–H and O–H groups in total. The summed E-state index contributed by atoms with van der Waals surface area (Å²) >= 11 is 0. The van der Waals surface area contributed by atoms with E-state index in [0.29, 0.717) is 13.0 Å². The Morgan fingerprint density at radius 2 is 1.60 bits per heavy atom. The number of piperidine rings is 1. The SMILES string of the molecule is COC(=O)C[C@@H](C(=O)N1CCCC1c1nc2ccc(/C=C/c3ccc4cc(-c5cnc([C@@H]6CC[C@@H]7CC[C@H](NC(=O)OC)C(=O)N76)[nH]5)ccc4c3)cc2[nH]1)c1ccccc1. The maximum absolute atomic E-state index is 14.0. The minimum absolute atomic E-state index is 0.0184. The number of nitrogens with zero attached hydrogens (tertiary/aromatic N) is 4. The molecule has 13 nitrogen and oxygen atoms in total. The largest absolute Gasteiger partial charge is 0.469 e. The maximum Gasteiger partial charge on any atom is 0.407 e. The number of aromatic nitrogens is 4. The lowest BCUT2D eigenvalue weighted by Crippen LogP contribution is -2.54. The standard InChI is InChI=1S/C47H47N7O6/c1-59-42(55)26-35(30-7-4-3-5-8-30)45(56)53-22-6-9-40(53)44-49-36-19-13-29(24-38(36)50-44)11-10-28-12-14-32-25-33(16-15-31(32)23-28)39-27-48-43(51-39)41-21-18-34-17-20-37(46(57)54(34)41)52-47(58)60-2/h3-5,7-8,10-16,19,23-25,27,34-35,37,40-41H,6,9,17-18,20-22,26H2,1-2H3,(H,48,51)(H,49,50)(H,52,58)/b11-10+/t34-,35+,37-,40?,41-/m0/s1. The average Bonchev–Trinajstić information content (AvgIpc) is 4.11. The fourth-order valence-corrected chi connectivity index (χ4v) is 9.25. The Labute approximate surface area is 347 Å². The number of hydrogen-bond donors (Lipinski definition) is 3. The van der Waals surface area contributed by atoms with Gasteiger partial charge in [-0.2, -0.15) is 0 Å². The van der Waals surface area contributed by atoms with Crippen LogP contribution in [0.5, 0.6) is 0 Å². The van der Waals surface area contributed by atoms with Gasteiger partial charge >= 0.3 is 12.1 Å². The zero-order valence-electron chi connectivity index (χ0n) is 33.6. The Kier molecular flexibility index (Phi) is 10.6. The lowest BCUT2D eigenvalue weighted by molar-refractivity contribution is -0.145. The summed E-state index contributed by atoms with van der Waals surface area (Å²) in [6.45, 7) is 0.597. The Balaban J connectivity index is 0.877. The van der Waals surface area contributed by atoms with Crippen molar-refractivity contribution in [3.05, 3.63) is 119 Å². The minimum atomic E-state index is -0.629. The highest BCUT2D eigenvalue weighted by atomic mass is 16.5. The van der Waals surface area contributed by atoms with Gasteiger partial charge in [0.25, 0.3) is 0 Å². The second kappa shape index (κ2) is 16.5. The molecule has 3 saturated heterocycles. The van der Waals surface area contributed by atoms with Crippen molar-refractivity contribution in [3.63, 3.8) is 0 Å². The first-order valence-electron chi connectivity index (χ1n) is 20.6. The van der Waals surface area contributed by atoms with E-state index in [1.165, 1.54) is 14.2 Å². The molecule has 60 heavy (non-hydrogen) atoms. The lowest BCUT2D eigenvalue weighted by atomic mass is 9.94. The van der Waals surface area contributed by atoms with Gasteiger partial charge in [0.05, 0.1) is 61.6 Å². The Hall–Kier alpha value is -6.76. The van der Waals surface area contributed by atoms with E-state index >= 15 is 0 Å². The van der Waals surface area contributed by atoms with E-state index in [4.69, 9.17) is 19.4 Å². The number of benzene rings is 4. The summed E-state index contributed by atoms with van der Waals surface area (Å²) in [4.78, 5) is 72.0. The summed E-state index contributed by atoms with van der Waals surface area (Å²) in [5.74, 6) is 0.270. The molecule has 0 radical (unpaired) electrons. The summed E-state index contributed by atoms with van der Waals surface area (Å²) in [5, 5.41) is 4.89. The van der Waals surface area contributed by atoms with Gasteiger partial charge in [-0.05, 0) is 90.3 Å². The van der Waals surface area contributed by atoms with E-state index in [1.807, 2.05) is 58.5 Å². The van der Waals surface area contributed by atoms with Crippen molar-refractivity contribution >= 4 is 57.8 Å². The monoisotopic (exact) mass is 805 g/mol. The number of fused-ring (bicyclic) bond motifs is 3. The molecule has 0 bridgehead atoms. The number of rotatable bonds is 10. The number of esters is 1. The molecule has 3 aliphatic rings. The highest BCUT2D eigenvalue weighted by molar-refractivity contribution is 5.91. The van der Waals surface area contributed by atoms with Crippen LogP contribution in [-0.2, 0) is 23.9 Å². The molecule has 3 aliphatic heterocycles. The third-order valence-corrected chi connectivity index (χ3v) is 12.4. The van der Waals surface area contributed by atoms with E-state index in [-0.39, 0.29) is 36.4 Å². The zero-order valence-corrected chi connectivity index (χ0v) is 33.6. The fourth-order valence-electron chi connectivity index (χ4n) is 9.25. The van der Waals surface area contributed by atoms with Crippen molar-refractivity contribution in [1.29, 1.82) is 0 Å². The first kappa shape index (κ1) is 38.7. The van der Waals surface area contributed by atoms with E-state index in [0.717, 1.165) is 93.5 Å². The van der Waals surface area contributed by atoms with Crippen LogP contribution < -0.4 is 5.32 Å². The van der Waals surface area contributed by atoms with Crippen LogP contribution in [0, 0.1) is 0 Å². The molecular weight excluding hydrogens is 759 g/mol. The number of nitrogens with one attached hydrogen (secondary N) is 3. The average molecular weight is 806 g/mol. The highest BCUT2D eigenvalue weighted by Crippen LogP contribution is 2.41. The predicted octanol–water partition coefficient (Wildman–Crippen LogP) is 7.84. The second-order valence-corrected chi connectivity index (χ2v) is 15.9. The molecule has 4 aromatic carbocycles. The van der Waals surface area contributed by atoms with E-state index in [9.17, 15) is 19.2 Å². The fraction of sp³-hybridized carbons (Fsp3) is 0.319. The number of hydrogen-bond acceptors (Lipinski definition) is 8. The van der Waals surface area contributed by atoms with Gasteiger partial charge in [0.2, 0.25) is 11.8 Å². The molecule has 0 saturated carbocycles. The molecule has 5 atom stereocenters. The maximum atomic E-state index is 14.0. The molecule has 306 valence electrons. The topological polar surface area (TPSA) is 163 Å². The normalized spacial score (nSPS) is 20.8. The third kappa shape index (κ3) is 7.62. The van der Waals surface area contributed by atoms with Crippen molar-refractivity contribution in [2.75, 3.05) is 20.8 Å². The summed E-state index contributed by atoms with van der Waals surface area (Å²) in [6.07, 6.45) is 10.2. The summed E-state index contributed by atoms with van der Waals surface area (Å²) < 4.78 is 9.69. The number of H-pyrrole nitrogens is 2. The number of aromatic amines is 2. The van der Waals surface area contributed by atoms with Gasteiger partial charge in [-0.3, -0.25) is 14.4 Å². The van der Waals surface area contributed by atoms with Gasteiger partial charge in [-0.25, -0.2) is 14.8 Å². The molecule has 13 heteroatoms. The van der Waals surface area contributed by atoms with Crippen LogP contribution in [0.4, 0.5) is 4.79 Å². The van der Waals surface area contributed by atoms with Crippen LogP contribution in [-0.4, -0.2) is 86.5 Å². The van der Waals surface area contributed by atoms with Crippen LogP contribution in [0.2, 0.25) is 0 Å². The number of amides is 3. The van der Waals surface area contributed by atoms with Crippen LogP contribution in [0.3, 0.4) is 0 Å². The van der Waals surface area contributed by atoms with Crippen molar-refractivity contribution in [2.45, 2.75) is 75.0 Å². The van der Waals surface area contributed by atoms with Crippen molar-refractivity contribution in [1.82, 2.24) is 35.1 Å². The predicted molar refractivity (Wildman–Crippen MR) is 227 cm³/mol. The second-order valence-electron chi connectivity index (χ2n) is 15.9. The summed E-state index contributed by atoms with van der Waals surface area (Å²) in [6, 6.07) is 27.4. The van der Waals surface area contributed by atoms with Gasteiger partial charge in [0.1, 0.15) is 17.7 Å². The van der Waals surface area contributed by atoms with Crippen LogP contribution in [0.25, 0.3) is 45.2 Å². The first-order chi connectivity index (χ1) is 29.3. The quantitative estimate of drug-likeness (QED) is 0.0932. The van der Waals surface area contributed by atoms with Crippen LogP contribution in [0.15, 0.2) is 91.1 Å². The Bertz CT molecular complexity index is 2620. The summed E-state index contributed by atoms with van der Waals surface area (Å²) in [5.41, 5.74) is 6.48. The minimum Gasteiger partial charge on any atom is -0.469 e. The lowest BCUT2D eigenvalue weighted by Gasteiger charge is -2.37. The van der Waals surface area contributed by atoms with Gasteiger partial charge < -0.3 is 34.6 Å². The number of methoxy groups -OCH3 is 2. The molecule has 3 fully saturated rings. The first-order valence-corrected chi connectivity index (χ1v) is 20.6. The number of likely N-dealkylation sites (tertiary alicyclic amines) is 1. The molecule has 6 aromatic rings. The smallest absolute Gasteiger partial charge is 0.407 e. The van der Waals surface area contributed by atoms with E-state index in [2.05, 4.69) is 69.9 Å². The zero-order chi connectivity index (χ0) is 41.3. The van der Waals surface area contributed by atoms with Gasteiger partial charge in [-0.15, -0.1) is 0 Å². The van der Waals surface area contributed by atoms with Crippen LogP contribution >= 0.6 is 0 Å². The highest BCUT2D eigenvalue weighted by Gasteiger charge is 2.45. The van der Waals surface area contributed by atoms with Crippen molar-refractivity contribution in [2.24, 2.45) is 0 Å². The Morgan fingerprint density at radius 1 is 0.833 bits per heavy atom. The summed E-state index contributed by atoms with van der Waals surface area (Å²) in [7, 11) is 2.65. The molecule has 1 unspecified atom stereocenters. The molecule has 0 spiro atoms. The number of alkyl carbamates (subject to hydrolysis) is 1. The van der Waals surface area contributed by atoms with E-state index < -0.39 is 24.0 Å². The molecule has 9 rings (SSSR count). The third-order valence-electron chi connectivity index (χ3n) is 12.4. The number of imidazole rings is 2.